The zero-order valence-electron chi connectivity index (χ0n) is 24.6. The van der Waals surface area contributed by atoms with Gasteiger partial charge in [0.2, 0.25) is 0 Å². The number of fused-ring (bicyclic) bond motifs is 4. The summed E-state index contributed by atoms with van der Waals surface area (Å²) in [6, 6.07) is 8.72. The first kappa shape index (κ1) is 28.9. The number of nitrogens with zero attached hydrogens (tertiary/aromatic N) is 1. The highest BCUT2D eigenvalue weighted by molar-refractivity contribution is 5.93. The quantitative estimate of drug-likeness (QED) is 0.383. The van der Waals surface area contributed by atoms with Crippen molar-refractivity contribution in [2.24, 2.45) is 22.7 Å². The lowest BCUT2D eigenvalue weighted by molar-refractivity contribution is -0.150. The number of aliphatic hydroxyl groups is 1. The van der Waals surface area contributed by atoms with Crippen molar-refractivity contribution in [2.75, 3.05) is 31.2 Å². The van der Waals surface area contributed by atoms with Gasteiger partial charge in [0, 0.05) is 38.0 Å². The van der Waals surface area contributed by atoms with Crippen molar-refractivity contribution in [3.63, 3.8) is 0 Å². The van der Waals surface area contributed by atoms with Gasteiger partial charge in [-0.05, 0) is 97.1 Å². The van der Waals surface area contributed by atoms with Gasteiger partial charge in [-0.25, -0.2) is 4.39 Å². The number of alkyl halides is 1. The maximum absolute atomic E-state index is 15.9. The number of benzene rings is 1. The lowest BCUT2D eigenvalue weighted by Crippen LogP contribution is -2.52. The molecule has 0 aromatic heterocycles. The van der Waals surface area contributed by atoms with Gasteiger partial charge < -0.3 is 14.7 Å². The van der Waals surface area contributed by atoms with E-state index in [4.69, 9.17) is 4.74 Å². The van der Waals surface area contributed by atoms with Gasteiger partial charge in [0.15, 0.2) is 18.2 Å². The molecule has 5 aliphatic rings. The van der Waals surface area contributed by atoms with Crippen LogP contribution in [0.5, 0.6) is 0 Å². The fourth-order valence-electron chi connectivity index (χ4n) is 9.07. The third kappa shape index (κ3) is 4.63. The van der Waals surface area contributed by atoms with Gasteiger partial charge >= 0.3 is 5.97 Å². The first-order valence-electron chi connectivity index (χ1n) is 15.4. The highest BCUT2D eigenvalue weighted by atomic mass is 19.1. The topological polar surface area (TPSA) is 83.9 Å². The Hall–Kier alpha value is -3.24. The molecule has 2 saturated carbocycles. The summed E-state index contributed by atoms with van der Waals surface area (Å²) in [6.07, 6.45) is 5.69. The summed E-state index contributed by atoms with van der Waals surface area (Å²) in [4.78, 5) is 40.4. The van der Waals surface area contributed by atoms with E-state index in [0.29, 0.717) is 37.7 Å². The number of esters is 1. The van der Waals surface area contributed by atoms with Gasteiger partial charge in [0.05, 0.1) is 5.41 Å². The van der Waals surface area contributed by atoms with Gasteiger partial charge in [-0.1, -0.05) is 36.5 Å². The Labute approximate surface area is 247 Å². The summed E-state index contributed by atoms with van der Waals surface area (Å²) in [5, 5.41) is 9.67. The molecule has 6 atom stereocenters. The molecule has 0 amide bonds. The van der Waals surface area contributed by atoms with Crippen molar-refractivity contribution < 1.29 is 28.6 Å². The van der Waals surface area contributed by atoms with Crippen molar-refractivity contribution in [3.05, 3.63) is 52.6 Å². The Morgan fingerprint density at radius 1 is 1.17 bits per heavy atom. The molecule has 0 bridgehead atoms. The molecule has 1 N–H and O–H groups in total. The number of ketones is 2. The van der Waals surface area contributed by atoms with Crippen LogP contribution in [0.2, 0.25) is 0 Å². The Balaban J connectivity index is 1.49. The number of ether oxygens (including phenoxy) is 1. The molecule has 3 fully saturated rings. The molecule has 6 nitrogen and oxygen atoms in total. The second-order valence-corrected chi connectivity index (χ2v) is 13.0. The Bertz CT molecular complexity index is 1410. The van der Waals surface area contributed by atoms with E-state index in [1.807, 2.05) is 0 Å². The van der Waals surface area contributed by atoms with Crippen LogP contribution in [-0.4, -0.2) is 55.1 Å². The fraction of sp³-hybridized carbons (Fsp3) is 0.571. The van der Waals surface area contributed by atoms with Crippen LogP contribution in [-0.2, 0) is 19.1 Å². The monoisotopic (exact) mass is 573 g/mol. The summed E-state index contributed by atoms with van der Waals surface area (Å²) in [5.74, 6) is 5.00. The average molecular weight is 574 g/mol. The molecular formula is C35H40FNO5. The van der Waals surface area contributed by atoms with Crippen LogP contribution in [0, 0.1) is 34.5 Å². The molecule has 0 spiro atoms. The molecule has 222 valence electrons. The highest BCUT2D eigenvalue weighted by Gasteiger charge is 2.66. The molecular weight excluding hydrogens is 533 g/mol. The zero-order valence-corrected chi connectivity index (χ0v) is 24.6. The molecule has 1 heterocycles. The Morgan fingerprint density at radius 3 is 2.60 bits per heavy atom. The first-order valence-corrected chi connectivity index (χ1v) is 15.4. The van der Waals surface area contributed by atoms with Crippen LogP contribution in [0.3, 0.4) is 0 Å². The van der Waals surface area contributed by atoms with Crippen molar-refractivity contribution >= 4 is 23.2 Å². The van der Waals surface area contributed by atoms with Crippen LogP contribution in [0.1, 0.15) is 76.7 Å². The van der Waals surface area contributed by atoms with Crippen LogP contribution in [0.25, 0.3) is 0 Å². The zero-order chi connectivity index (χ0) is 29.6. The average Bonchev–Trinajstić information content (AvgIpc) is 3.62. The summed E-state index contributed by atoms with van der Waals surface area (Å²) in [7, 11) is 0. The summed E-state index contributed by atoms with van der Waals surface area (Å²) < 4.78 is 21.1. The number of rotatable bonds is 5. The molecule has 1 saturated heterocycles. The van der Waals surface area contributed by atoms with E-state index in [2.05, 4.69) is 47.9 Å². The number of carbonyl (C=O) groups is 3. The van der Waals surface area contributed by atoms with E-state index in [0.717, 1.165) is 24.2 Å². The summed E-state index contributed by atoms with van der Waals surface area (Å²) in [6.45, 7) is 4.75. The highest BCUT2D eigenvalue weighted by Crippen LogP contribution is 2.69. The second-order valence-electron chi connectivity index (χ2n) is 13.0. The van der Waals surface area contributed by atoms with E-state index >= 15 is 4.39 Å². The predicted molar refractivity (Wildman–Crippen MR) is 157 cm³/mol. The summed E-state index contributed by atoms with van der Waals surface area (Å²) in [5.41, 5.74) is 3.35. The molecule has 1 aromatic rings. The number of Topliss-reactive ketones (excluding diaryl/α,β-unsaturated/α-hetero) is 1. The SMILES string of the molecule is CC(=O)OCC(=O)[C@@]1(C#CCO)CC[C@H]2[C@@H]3CC(F)C4=CC(=O)CCC4=C3C(c3ccc(N4CCCC4)cc3)C[C@@]21C. The largest absolute Gasteiger partial charge is 0.458 e. The molecule has 1 aliphatic heterocycles. The fourth-order valence-corrected chi connectivity index (χ4v) is 9.07. The predicted octanol–water partition coefficient (Wildman–Crippen LogP) is 5.25. The number of aliphatic hydroxyl groups excluding tert-OH is 1. The van der Waals surface area contributed by atoms with Gasteiger partial charge in [-0.2, -0.15) is 0 Å². The number of anilines is 1. The maximum atomic E-state index is 15.9. The van der Waals surface area contributed by atoms with Gasteiger partial charge in [0.25, 0.3) is 0 Å². The standard InChI is InChI=1S/C35H40FNO5/c1-22(39)42-21-32(41)35(13-5-17-38)14-12-30-28-19-31(36)27-18-25(40)10-11-26(27)33(28)29(20-34(30,35)2)23-6-8-24(9-7-23)37-15-3-4-16-37/h6-9,18,28-31,38H,3-4,10-12,14-17,19-21H2,1-2H3/t28-,29?,30-,31?,34-,35+/m0/s1. The van der Waals surface area contributed by atoms with Gasteiger partial charge in [0.1, 0.15) is 12.8 Å². The second kappa shape index (κ2) is 11.1. The van der Waals surface area contributed by atoms with E-state index in [1.165, 1.54) is 37.1 Å². The van der Waals surface area contributed by atoms with Crippen LogP contribution in [0.4, 0.5) is 10.1 Å². The third-order valence-electron chi connectivity index (χ3n) is 11.0. The number of allylic oxidation sites excluding steroid dienone is 4. The van der Waals surface area contributed by atoms with Gasteiger partial charge in [-0.3, -0.25) is 14.4 Å². The Morgan fingerprint density at radius 2 is 1.90 bits per heavy atom. The third-order valence-corrected chi connectivity index (χ3v) is 11.0. The number of halogens is 1. The Kier molecular flexibility index (Phi) is 7.64. The van der Waals surface area contributed by atoms with Crippen LogP contribution in [0.15, 0.2) is 47.1 Å². The number of carbonyl (C=O) groups excluding carboxylic acids is 3. The summed E-state index contributed by atoms with van der Waals surface area (Å²) >= 11 is 0. The van der Waals surface area contributed by atoms with Gasteiger partial charge in [-0.15, -0.1) is 0 Å². The lowest BCUT2D eigenvalue weighted by atomic mass is 9.48. The van der Waals surface area contributed by atoms with Crippen molar-refractivity contribution in [2.45, 2.75) is 77.3 Å². The maximum Gasteiger partial charge on any atom is 0.303 e. The molecule has 7 heteroatoms. The molecule has 42 heavy (non-hydrogen) atoms. The first-order chi connectivity index (χ1) is 20.2. The molecule has 0 radical (unpaired) electrons. The minimum absolute atomic E-state index is 0.00757. The molecule has 1 aromatic carbocycles. The molecule has 2 unspecified atom stereocenters. The molecule has 4 aliphatic carbocycles. The minimum Gasteiger partial charge on any atom is -0.458 e. The normalized spacial score (nSPS) is 33.7. The van der Waals surface area contributed by atoms with E-state index in [9.17, 15) is 19.5 Å². The number of hydrogen-bond acceptors (Lipinski definition) is 6. The lowest BCUT2D eigenvalue weighted by Gasteiger charge is -2.55. The van der Waals surface area contributed by atoms with Crippen molar-refractivity contribution in [3.8, 4) is 11.8 Å². The van der Waals surface area contributed by atoms with E-state index in [-0.39, 0.29) is 49.0 Å². The van der Waals surface area contributed by atoms with Crippen molar-refractivity contribution in [1.29, 1.82) is 0 Å². The molecule has 6 rings (SSSR count). The smallest absolute Gasteiger partial charge is 0.303 e. The van der Waals surface area contributed by atoms with Crippen LogP contribution < -0.4 is 4.90 Å². The number of hydrogen-bond donors (Lipinski definition) is 1. The van der Waals surface area contributed by atoms with Crippen molar-refractivity contribution in [1.82, 2.24) is 0 Å². The van der Waals surface area contributed by atoms with E-state index < -0.39 is 23.0 Å². The van der Waals surface area contributed by atoms with E-state index in [1.54, 1.807) is 0 Å². The van der Waals surface area contributed by atoms with Crippen LogP contribution >= 0.6 is 0 Å². The minimum atomic E-state index is -1.23.